The van der Waals surface area contributed by atoms with Crippen LogP contribution in [0.2, 0.25) is 5.02 Å². The average Bonchev–Trinajstić information content (AvgIpc) is 2.74. The fourth-order valence-electron chi connectivity index (χ4n) is 3.19. The predicted molar refractivity (Wildman–Crippen MR) is 120 cm³/mol. The molecule has 1 N–H and O–H groups in total. The number of halogens is 1. The van der Waals surface area contributed by atoms with Crippen LogP contribution >= 0.6 is 11.6 Å². The van der Waals surface area contributed by atoms with Crippen LogP contribution in [0.15, 0.2) is 54.6 Å². The molecule has 6 nitrogen and oxygen atoms in total. The average molecular weight is 428 g/mol. The molecule has 0 aromatic heterocycles. The highest BCUT2D eigenvalue weighted by atomic mass is 35.5. The molecule has 0 spiro atoms. The van der Waals surface area contributed by atoms with Gasteiger partial charge in [0.2, 0.25) is 11.8 Å². The van der Waals surface area contributed by atoms with Gasteiger partial charge in [0.15, 0.2) is 0 Å². The molecule has 30 heavy (non-hydrogen) atoms. The van der Waals surface area contributed by atoms with Crippen LogP contribution in [-0.4, -0.2) is 60.9 Å². The Balaban J connectivity index is 1.40. The van der Waals surface area contributed by atoms with Gasteiger partial charge in [-0.05, 0) is 35.9 Å². The van der Waals surface area contributed by atoms with Gasteiger partial charge in [-0.2, -0.15) is 0 Å². The second kappa shape index (κ2) is 10.8. The van der Waals surface area contributed by atoms with Gasteiger partial charge in [0.1, 0.15) is 12.4 Å². The summed E-state index contributed by atoms with van der Waals surface area (Å²) in [6.45, 7) is 5.84. The van der Waals surface area contributed by atoms with Crippen LogP contribution in [0.1, 0.15) is 12.5 Å². The standard InChI is InChI=1S/C23H26ClN3O3/c1-18(28)25-20-9-6-19(7-10-20)8-11-23(29)27-14-12-26(13-15-27)16-17-30-22-5-3-2-4-21(22)24/h2-11H,12-17H2,1H3,(H,25,28)/b11-8+. The molecule has 2 aromatic carbocycles. The number of rotatable bonds is 7. The van der Waals surface area contributed by atoms with Crippen molar-refractivity contribution in [3.63, 3.8) is 0 Å². The van der Waals surface area contributed by atoms with E-state index in [0.29, 0.717) is 30.5 Å². The van der Waals surface area contributed by atoms with Gasteiger partial charge in [0.05, 0.1) is 5.02 Å². The number of nitrogens with one attached hydrogen (secondary N) is 1. The molecule has 1 aliphatic rings. The largest absolute Gasteiger partial charge is 0.491 e. The molecule has 0 bridgehead atoms. The van der Waals surface area contributed by atoms with E-state index in [4.69, 9.17) is 16.3 Å². The summed E-state index contributed by atoms with van der Waals surface area (Å²) in [6.07, 6.45) is 3.40. The van der Waals surface area contributed by atoms with E-state index in [1.807, 2.05) is 53.4 Å². The molecule has 1 aliphatic heterocycles. The minimum Gasteiger partial charge on any atom is -0.491 e. The molecule has 158 valence electrons. The molecular weight excluding hydrogens is 402 g/mol. The first kappa shape index (κ1) is 21.9. The van der Waals surface area contributed by atoms with Crippen molar-refractivity contribution in [3.8, 4) is 5.75 Å². The zero-order valence-corrected chi connectivity index (χ0v) is 17.8. The van der Waals surface area contributed by atoms with Crippen molar-refractivity contribution in [1.82, 2.24) is 9.80 Å². The number of carbonyl (C=O) groups is 2. The number of carbonyl (C=O) groups excluding carboxylic acids is 2. The summed E-state index contributed by atoms with van der Waals surface area (Å²) in [5, 5.41) is 3.34. The van der Waals surface area contributed by atoms with Crippen molar-refractivity contribution in [2.75, 3.05) is 44.6 Å². The number of piperazine rings is 1. The smallest absolute Gasteiger partial charge is 0.246 e. The highest BCUT2D eigenvalue weighted by molar-refractivity contribution is 6.32. The van der Waals surface area contributed by atoms with Crippen molar-refractivity contribution in [1.29, 1.82) is 0 Å². The number of hydrogen-bond acceptors (Lipinski definition) is 4. The lowest BCUT2D eigenvalue weighted by molar-refractivity contribution is -0.127. The van der Waals surface area contributed by atoms with Crippen molar-refractivity contribution in [2.45, 2.75) is 6.92 Å². The molecule has 2 amide bonds. The predicted octanol–water partition coefficient (Wildman–Crippen LogP) is 3.53. The number of nitrogens with zero attached hydrogens (tertiary/aromatic N) is 2. The van der Waals surface area contributed by atoms with Gasteiger partial charge in [0, 0.05) is 51.4 Å². The molecule has 0 saturated carbocycles. The monoisotopic (exact) mass is 427 g/mol. The first-order chi connectivity index (χ1) is 14.5. The molecule has 1 saturated heterocycles. The molecular formula is C23H26ClN3O3. The zero-order valence-electron chi connectivity index (χ0n) is 17.0. The van der Waals surface area contributed by atoms with Crippen LogP contribution in [0, 0.1) is 0 Å². The Kier molecular flexibility index (Phi) is 7.88. The third-order valence-electron chi connectivity index (χ3n) is 4.84. The Hall–Kier alpha value is -2.83. The van der Waals surface area contributed by atoms with E-state index in [0.717, 1.165) is 30.9 Å². The van der Waals surface area contributed by atoms with E-state index in [1.165, 1.54) is 6.92 Å². The lowest BCUT2D eigenvalue weighted by Crippen LogP contribution is -2.49. The van der Waals surface area contributed by atoms with Gasteiger partial charge in [-0.3, -0.25) is 14.5 Å². The number of ether oxygens (including phenoxy) is 1. The van der Waals surface area contributed by atoms with E-state index in [-0.39, 0.29) is 11.8 Å². The topological polar surface area (TPSA) is 61.9 Å². The second-order valence-corrected chi connectivity index (χ2v) is 7.49. The molecule has 1 fully saturated rings. The third kappa shape index (κ3) is 6.61. The summed E-state index contributed by atoms with van der Waals surface area (Å²) < 4.78 is 5.74. The van der Waals surface area contributed by atoms with Crippen LogP contribution in [0.3, 0.4) is 0 Å². The number of amides is 2. The van der Waals surface area contributed by atoms with Crippen molar-refractivity contribution < 1.29 is 14.3 Å². The van der Waals surface area contributed by atoms with Crippen LogP contribution < -0.4 is 10.1 Å². The summed E-state index contributed by atoms with van der Waals surface area (Å²) in [4.78, 5) is 27.6. The molecule has 0 atom stereocenters. The first-order valence-electron chi connectivity index (χ1n) is 9.95. The quantitative estimate of drug-likeness (QED) is 0.686. The summed E-state index contributed by atoms with van der Waals surface area (Å²) in [5.41, 5.74) is 1.65. The highest BCUT2D eigenvalue weighted by Crippen LogP contribution is 2.23. The maximum atomic E-state index is 12.5. The number of para-hydroxylation sites is 1. The number of benzene rings is 2. The van der Waals surface area contributed by atoms with Gasteiger partial charge in [0.25, 0.3) is 0 Å². The molecule has 0 radical (unpaired) electrons. The maximum absolute atomic E-state index is 12.5. The molecule has 7 heteroatoms. The fraction of sp³-hybridized carbons (Fsp3) is 0.304. The number of hydrogen-bond donors (Lipinski definition) is 1. The fourth-order valence-corrected chi connectivity index (χ4v) is 3.38. The van der Waals surface area contributed by atoms with E-state index in [1.54, 1.807) is 12.2 Å². The Morgan fingerprint density at radius 3 is 2.43 bits per heavy atom. The Bertz CT molecular complexity index is 891. The van der Waals surface area contributed by atoms with Crippen molar-refractivity contribution >= 4 is 35.2 Å². The zero-order chi connectivity index (χ0) is 21.3. The van der Waals surface area contributed by atoms with Crippen molar-refractivity contribution in [3.05, 3.63) is 65.2 Å². The lowest BCUT2D eigenvalue weighted by atomic mass is 10.2. The lowest BCUT2D eigenvalue weighted by Gasteiger charge is -2.34. The molecule has 0 aliphatic carbocycles. The second-order valence-electron chi connectivity index (χ2n) is 7.08. The van der Waals surface area contributed by atoms with E-state index < -0.39 is 0 Å². The van der Waals surface area contributed by atoms with Crippen LogP contribution in [-0.2, 0) is 9.59 Å². The molecule has 3 rings (SSSR count). The Morgan fingerprint density at radius 2 is 1.77 bits per heavy atom. The summed E-state index contributed by atoms with van der Waals surface area (Å²) >= 11 is 6.10. The highest BCUT2D eigenvalue weighted by Gasteiger charge is 2.19. The molecule has 0 unspecified atom stereocenters. The molecule has 2 aromatic rings. The van der Waals surface area contributed by atoms with E-state index in [2.05, 4.69) is 10.2 Å². The van der Waals surface area contributed by atoms with Gasteiger partial charge >= 0.3 is 0 Å². The number of anilines is 1. The third-order valence-corrected chi connectivity index (χ3v) is 5.15. The van der Waals surface area contributed by atoms with Gasteiger partial charge in [-0.1, -0.05) is 35.9 Å². The van der Waals surface area contributed by atoms with E-state index in [9.17, 15) is 9.59 Å². The van der Waals surface area contributed by atoms with Crippen LogP contribution in [0.5, 0.6) is 5.75 Å². The van der Waals surface area contributed by atoms with Crippen LogP contribution in [0.4, 0.5) is 5.69 Å². The normalized spacial score (nSPS) is 14.7. The van der Waals surface area contributed by atoms with Gasteiger partial charge < -0.3 is 15.0 Å². The Morgan fingerprint density at radius 1 is 1.07 bits per heavy atom. The minimum atomic E-state index is -0.108. The molecule has 1 heterocycles. The van der Waals surface area contributed by atoms with E-state index >= 15 is 0 Å². The van der Waals surface area contributed by atoms with Gasteiger partial charge in [-0.15, -0.1) is 0 Å². The SMILES string of the molecule is CC(=O)Nc1ccc(/C=C/C(=O)N2CCN(CCOc3ccccc3Cl)CC2)cc1. The summed E-state index contributed by atoms with van der Waals surface area (Å²) in [7, 11) is 0. The first-order valence-corrected chi connectivity index (χ1v) is 10.3. The van der Waals surface area contributed by atoms with Gasteiger partial charge in [-0.25, -0.2) is 0 Å². The van der Waals surface area contributed by atoms with Crippen molar-refractivity contribution in [2.24, 2.45) is 0 Å². The van der Waals surface area contributed by atoms with Crippen LogP contribution in [0.25, 0.3) is 6.08 Å². The minimum absolute atomic E-state index is 0.00732. The summed E-state index contributed by atoms with van der Waals surface area (Å²) in [5.74, 6) is 0.596. The summed E-state index contributed by atoms with van der Waals surface area (Å²) in [6, 6.07) is 14.8. The maximum Gasteiger partial charge on any atom is 0.246 e. The Labute approximate surface area is 182 Å².